The van der Waals surface area contributed by atoms with Crippen LogP contribution in [0.1, 0.15) is 15.9 Å². The predicted octanol–water partition coefficient (Wildman–Crippen LogP) is 2.36. The second kappa shape index (κ2) is 7.74. The van der Waals surface area contributed by atoms with Gasteiger partial charge in [0.1, 0.15) is 5.82 Å². The first kappa shape index (κ1) is 18.4. The highest BCUT2D eigenvalue weighted by Crippen LogP contribution is 2.20. The molecular formula is C16H16ClFN2O3S. The normalized spacial score (nSPS) is 11.3. The third-order valence-corrected chi connectivity index (χ3v) is 5.14. The number of halogens is 2. The maximum Gasteiger partial charge on any atom is 0.252 e. The van der Waals surface area contributed by atoms with E-state index in [0.717, 1.165) is 0 Å². The maximum atomic E-state index is 13.5. The summed E-state index contributed by atoms with van der Waals surface area (Å²) in [7, 11) is -2.40. The Morgan fingerprint density at radius 1 is 1.21 bits per heavy atom. The molecule has 0 aliphatic rings. The van der Waals surface area contributed by atoms with E-state index in [9.17, 15) is 17.6 Å². The van der Waals surface area contributed by atoms with Crippen molar-refractivity contribution in [1.29, 1.82) is 0 Å². The average Bonchev–Trinajstić information content (AvgIpc) is 2.56. The SMILES string of the molecule is CNS(=O)(=O)c1ccc(Cl)c(C(=O)NCCc2ccccc2F)c1. The van der Waals surface area contributed by atoms with Crippen LogP contribution in [-0.4, -0.2) is 27.9 Å². The molecule has 0 saturated carbocycles. The molecule has 2 N–H and O–H groups in total. The molecule has 2 aromatic carbocycles. The third kappa shape index (κ3) is 4.31. The highest BCUT2D eigenvalue weighted by atomic mass is 35.5. The summed E-state index contributed by atoms with van der Waals surface area (Å²) in [5.41, 5.74) is 0.525. The summed E-state index contributed by atoms with van der Waals surface area (Å²) in [6, 6.07) is 10.1. The van der Waals surface area contributed by atoms with Crippen LogP contribution in [0.15, 0.2) is 47.4 Å². The van der Waals surface area contributed by atoms with Crippen LogP contribution in [0.3, 0.4) is 0 Å². The molecular weight excluding hydrogens is 355 g/mol. The molecule has 0 saturated heterocycles. The van der Waals surface area contributed by atoms with Gasteiger partial charge >= 0.3 is 0 Å². The van der Waals surface area contributed by atoms with Crippen molar-refractivity contribution in [3.8, 4) is 0 Å². The van der Waals surface area contributed by atoms with Crippen molar-refractivity contribution < 1.29 is 17.6 Å². The first-order valence-corrected chi connectivity index (χ1v) is 8.96. The van der Waals surface area contributed by atoms with E-state index in [0.29, 0.717) is 12.0 Å². The van der Waals surface area contributed by atoms with Crippen LogP contribution in [0.25, 0.3) is 0 Å². The summed E-state index contributed by atoms with van der Waals surface area (Å²) in [6.07, 6.45) is 0.310. The van der Waals surface area contributed by atoms with E-state index >= 15 is 0 Å². The first-order chi connectivity index (χ1) is 11.3. The van der Waals surface area contributed by atoms with E-state index in [1.54, 1.807) is 18.2 Å². The molecule has 0 fully saturated rings. The Balaban J connectivity index is 2.10. The second-order valence-electron chi connectivity index (χ2n) is 4.95. The van der Waals surface area contributed by atoms with E-state index in [1.807, 2.05) is 0 Å². The van der Waals surface area contributed by atoms with E-state index in [4.69, 9.17) is 11.6 Å². The molecule has 0 unspecified atom stereocenters. The van der Waals surface area contributed by atoms with Gasteiger partial charge < -0.3 is 5.32 Å². The molecule has 128 valence electrons. The lowest BCUT2D eigenvalue weighted by Gasteiger charge is -2.09. The molecule has 0 aliphatic heterocycles. The zero-order valence-electron chi connectivity index (χ0n) is 12.8. The van der Waals surface area contributed by atoms with Crippen molar-refractivity contribution >= 4 is 27.5 Å². The van der Waals surface area contributed by atoms with Crippen molar-refractivity contribution in [3.05, 3.63) is 64.4 Å². The fourth-order valence-corrected chi connectivity index (χ4v) is 3.03. The van der Waals surface area contributed by atoms with Gasteiger partial charge in [0.15, 0.2) is 0 Å². The molecule has 5 nitrogen and oxygen atoms in total. The highest BCUT2D eigenvalue weighted by Gasteiger charge is 2.17. The molecule has 24 heavy (non-hydrogen) atoms. The first-order valence-electron chi connectivity index (χ1n) is 7.10. The topological polar surface area (TPSA) is 75.3 Å². The number of hydrogen-bond acceptors (Lipinski definition) is 3. The molecule has 0 spiro atoms. The van der Waals surface area contributed by atoms with E-state index in [2.05, 4.69) is 10.0 Å². The monoisotopic (exact) mass is 370 g/mol. The lowest BCUT2D eigenvalue weighted by molar-refractivity contribution is 0.0954. The Kier molecular flexibility index (Phi) is 5.93. The summed E-state index contributed by atoms with van der Waals surface area (Å²) in [4.78, 5) is 12.1. The van der Waals surface area contributed by atoms with Crippen molar-refractivity contribution in [3.63, 3.8) is 0 Å². The van der Waals surface area contributed by atoms with Gasteiger partial charge in [-0.1, -0.05) is 29.8 Å². The quantitative estimate of drug-likeness (QED) is 0.819. The lowest BCUT2D eigenvalue weighted by atomic mass is 10.1. The summed E-state index contributed by atoms with van der Waals surface area (Å²) < 4.78 is 39.3. The van der Waals surface area contributed by atoms with E-state index in [1.165, 1.54) is 31.3 Å². The van der Waals surface area contributed by atoms with Crippen LogP contribution in [-0.2, 0) is 16.4 Å². The van der Waals surface area contributed by atoms with Gasteiger partial charge in [0.05, 0.1) is 15.5 Å². The number of hydrogen-bond donors (Lipinski definition) is 2. The van der Waals surface area contributed by atoms with Crippen LogP contribution in [0.5, 0.6) is 0 Å². The molecule has 0 radical (unpaired) electrons. The Labute approximate surface area is 144 Å². The minimum absolute atomic E-state index is 0.0431. The largest absolute Gasteiger partial charge is 0.352 e. The average molecular weight is 371 g/mol. The van der Waals surface area contributed by atoms with Gasteiger partial charge in [-0.3, -0.25) is 4.79 Å². The Hall–Kier alpha value is -1.96. The van der Waals surface area contributed by atoms with Crippen molar-refractivity contribution in [2.75, 3.05) is 13.6 Å². The van der Waals surface area contributed by atoms with E-state index < -0.39 is 15.9 Å². The predicted molar refractivity (Wildman–Crippen MR) is 90.1 cm³/mol. The molecule has 2 aromatic rings. The van der Waals surface area contributed by atoms with Crippen molar-refractivity contribution in [2.24, 2.45) is 0 Å². The molecule has 0 aromatic heterocycles. The minimum atomic E-state index is -3.68. The summed E-state index contributed by atoms with van der Waals surface area (Å²) in [6.45, 7) is 0.194. The van der Waals surface area contributed by atoms with Crippen molar-refractivity contribution in [1.82, 2.24) is 10.0 Å². The van der Waals surface area contributed by atoms with Crippen LogP contribution < -0.4 is 10.0 Å². The molecule has 0 aliphatic carbocycles. The molecule has 0 heterocycles. The lowest BCUT2D eigenvalue weighted by Crippen LogP contribution is -2.27. The standard InChI is InChI=1S/C16H16ClFN2O3S/c1-19-24(22,23)12-6-7-14(17)13(10-12)16(21)20-9-8-11-4-2-3-5-15(11)18/h2-7,10,19H,8-9H2,1H3,(H,20,21). The third-order valence-electron chi connectivity index (χ3n) is 3.40. The van der Waals surface area contributed by atoms with Crippen LogP contribution in [0.2, 0.25) is 5.02 Å². The van der Waals surface area contributed by atoms with Crippen LogP contribution in [0.4, 0.5) is 4.39 Å². The Bertz CT molecular complexity index is 856. The highest BCUT2D eigenvalue weighted by molar-refractivity contribution is 7.89. The van der Waals surface area contributed by atoms with Gasteiger partial charge in [-0.15, -0.1) is 0 Å². The van der Waals surface area contributed by atoms with Gasteiger partial charge in [0, 0.05) is 6.54 Å². The number of carbonyl (C=O) groups excluding carboxylic acids is 1. The van der Waals surface area contributed by atoms with Gasteiger partial charge in [0.2, 0.25) is 10.0 Å². The summed E-state index contributed by atoms with van der Waals surface area (Å²) >= 11 is 5.97. The molecule has 8 heteroatoms. The molecule has 0 bridgehead atoms. The number of rotatable bonds is 6. The number of sulfonamides is 1. The molecule has 0 atom stereocenters. The maximum absolute atomic E-state index is 13.5. The fraction of sp³-hybridized carbons (Fsp3) is 0.188. The second-order valence-corrected chi connectivity index (χ2v) is 7.24. The smallest absolute Gasteiger partial charge is 0.252 e. The zero-order valence-corrected chi connectivity index (χ0v) is 14.4. The molecule has 2 rings (SSSR count). The van der Waals surface area contributed by atoms with Crippen molar-refractivity contribution in [2.45, 2.75) is 11.3 Å². The molecule has 1 amide bonds. The van der Waals surface area contributed by atoms with Gasteiger partial charge in [0.25, 0.3) is 5.91 Å². The number of nitrogens with one attached hydrogen (secondary N) is 2. The number of amides is 1. The van der Waals surface area contributed by atoms with Gasteiger partial charge in [-0.2, -0.15) is 0 Å². The van der Waals surface area contributed by atoms with Crippen LogP contribution in [0, 0.1) is 5.82 Å². The van der Waals surface area contributed by atoms with E-state index in [-0.39, 0.29) is 27.8 Å². The number of carbonyl (C=O) groups is 1. The zero-order chi connectivity index (χ0) is 17.7. The minimum Gasteiger partial charge on any atom is -0.352 e. The Morgan fingerprint density at radius 2 is 1.92 bits per heavy atom. The fourth-order valence-electron chi connectivity index (χ4n) is 2.07. The van der Waals surface area contributed by atoms with Crippen LogP contribution >= 0.6 is 11.6 Å². The summed E-state index contributed by atoms with van der Waals surface area (Å²) in [5.74, 6) is -0.864. The number of benzene rings is 2. The van der Waals surface area contributed by atoms with Gasteiger partial charge in [-0.25, -0.2) is 17.5 Å². The summed E-state index contributed by atoms with van der Waals surface area (Å²) in [5, 5.41) is 2.74. The Morgan fingerprint density at radius 3 is 2.58 bits per heavy atom. The van der Waals surface area contributed by atoms with Gasteiger partial charge in [-0.05, 0) is 43.3 Å².